The van der Waals surface area contributed by atoms with Crippen LogP contribution in [0.5, 0.6) is 11.6 Å². The van der Waals surface area contributed by atoms with Crippen LogP contribution in [0.25, 0.3) is 0 Å². The number of hydrogen-bond donors (Lipinski definition) is 2. The number of urea groups is 1. The molecule has 3 rings (SSSR count). The van der Waals surface area contributed by atoms with E-state index in [2.05, 4.69) is 15.6 Å². The van der Waals surface area contributed by atoms with Crippen LogP contribution in [0, 0.1) is 5.82 Å². The molecule has 3 aromatic rings. The molecule has 5 nitrogen and oxygen atoms in total. The van der Waals surface area contributed by atoms with Crippen LogP contribution >= 0.6 is 11.3 Å². The van der Waals surface area contributed by atoms with Gasteiger partial charge in [-0.15, -0.1) is 11.3 Å². The number of carbonyl (C=O) groups excluding carboxylic acids is 1. The van der Waals surface area contributed by atoms with Gasteiger partial charge in [0.25, 0.3) is 0 Å². The van der Waals surface area contributed by atoms with Crippen molar-refractivity contribution in [2.45, 2.75) is 13.1 Å². The van der Waals surface area contributed by atoms with E-state index in [1.54, 1.807) is 41.8 Å². The fraction of sp³-hybridized carbons (Fsp3) is 0.111. The van der Waals surface area contributed by atoms with Gasteiger partial charge in [-0.25, -0.2) is 14.2 Å². The standard InChI is InChI=1S/C18H16FN3O2S/c19-14-3-1-4-15(9-14)24-17-7-6-13(10-20-17)11-21-18(23)22-12-16-5-2-8-25-16/h1-10H,11-12H2,(H2,21,22,23). The Bertz CT molecular complexity index is 823. The van der Waals surface area contributed by atoms with Crippen LogP contribution < -0.4 is 15.4 Å². The van der Waals surface area contributed by atoms with Gasteiger partial charge in [-0.1, -0.05) is 18.2 Å². The van der Waals surface area contributed by atoms with Crippen LogP contribution in [0.3, 0.4) is 0 Å². The van der Waals surface area contributed by atoms with Crippen LogP contribution in [0.4, 0.5) is 9.18 Å². The summed E-state index contributed by atoms with van der Waals surface area (Å²) in [5, 5.41) is 7.51. The third-order valence-electron chi connectivity index (χ3n) is 3.27. The summed E-state index contributed by atoms with van der Waals surface area (Å²) in [6.07, 6.45) is 1.61. The molecule has 7 heteroatoms. The zero-order valence-electron chi connectivity index (χ0n) is 13.2. The monoisotopic (exact) mass is 357 g/mol. The van der Waals surface area contributed by atoms with E-state index in [1.165, 1.54) is 12.1 Å². The molecule has 128 valence electrons. The predicted molar refractivity (Wildman–Crippen MR) is 94.1 cm³/mol. The number of thiophene rings is 1. The van der Waals surface area contributed by atoms with Crippen molar-refractivity contribution in [1.29, 1.82) is 0 Å². The molecule has 2 heterocycles. The lowest BCUT2D eigenvalue weighted by molar-refractivity contribution is 0.240. The Hall–Kier alpha value is -2.93. The Kier molecular flexibility index (Phi) is 5.58. The second-order valence-corrected chi connectivity index (χ2v) is 6.21. The summed E-state index contributed by atoms with van der Waals surface area (Å²) >= 11 is 1.59. The van der Waals surface area contributed by atoms with E-state index >= 15 is 0 Å². The van der Waals surface area contributed by atoms with Crippen molar-refractivity contribution in [3.63, 3.8) is 0 Å². The highest BCUT2D eigenvalue weighted by atomic mass is 32.1. The average molecular weight is 357 g/mol. The summed E-state index contributed by atoms with van der Waals surface area (Å²) in [6.45, 7) is 0.853. The molecule has 0 aliphatic carbocycles. The van der Waals surface area contributed by atoms with Crippen molar-refractivity contribution in [2.75, 3.05) is 0 Å². The Morgan fingerprint density at radius 2 is 2.00 bits per heavy atom. The maximum Gasteiger partial charge on any atom is 0.315 e. The van der Waals surface area contributed by atoms with Crippen molar-refractivity contribution in [3.05, 3.63) is 76.4 Å². The lowest BCUT2D eigenvalue weighted by atomic mass is 10.3. The van der Waals surface area contributed by atoms with Crippen molar-refractivity contribution in [2.24, 2.45) is 0 Å². The lowest BCUT2D eigenvalue weighted by Crippen LogP contribution is -2.34. The van der Waals surface area contributed by atoms with E-state index < -0.39 is 0 Å². The Morgan fingerprint density at radius 3 is 2.72 bits per heavy atom. The summed E-state index contributed by atoms with van der Waals surface area (Å²) in [5.74, 6) is 0.370. The van der Waals surface area contributed by atoms with Gasteiger partial charge in [-0.3, -0.25) is 0 Å². The summed E-state index contributed by atoms with van der Waals surface area (Å²) in [4.78, 5) is 17.0. The van der Waals surface area contributed by atoms with E-state index in [-0.39, 0.29) is 11.8 Å². The summed E-state index contributed by atoms with van der Waals surface area (Å²) in [5.41, 5.74) is 0.831. The molecule has 2 N–H and O–H groups in total. The van der Waals surface area contributed by atoms with Gasteiger partial charge in [-0.2, -0.15) is 0 Å². The largest absolute Gasteiger partial charge is 0.439 e. The minimum atomic E-state index is -0.369. The van der Waals surface area contributed by atoms with Gasteiger partial charge in [0.2, 0.25) is 5.88 Å². The minimum absolute atomic E-state index is 0.242. The topological polar surface area (TPSA) is 63.2 Å². The quantitative estimate of drug-likeness (QED) is 0.699. The molecule has 0 spiro atoms. The number of nitrogens with one attached hydrogen (secondary N) is 2. The van der Waals surface area contributed by atoms with Gasteiger partial charge in [0.05, 0.1) is 6.54 Å². The Labute approximate surface area is 148 Å². The lowest BCUT2D eigenvalue weighted by Gasteiger charge is -2.08. The van der Waals surface area contributed by atoms with Crippen molar-refractivity contribution >= 4 is 17.4 Å². The fourth-order valence-electron chi connectivity index (χ4n) is 2.05. The number of aromatic nitrogens is 1. The van der Waals surface area contributed by atoms with E-state index in [4.69, 9.17) is 4.74 Å². The van der Waals surface area contributed by atoms with Gasteiger partial charge in [-0.05, 0) is 29.1 Å². The number of rotatable bonds is 6. The predicted octanol–water partition coefficient (Wildman–Crippen LogP) is 4.07. The molecule has 0 aliphatic heterocycles. The van der Waals surface area contributed by atoms with E-state index in [9.17, 15) is 9.18 Å². The minimum Gasteiger partial charge on any atom is -0.439 e. The summed E-state index contributed by atoms with van der Waals surface area (Å²) < 4.78 is 18.6. The van der Waals surface area contributed by atoms with Crippen LogP contribution in [0.15, 0.2) is 60.1 Å². The number of benzene rings is 1. The van der Waals surface area contributed by atoms with E-state index in [0.717, 1.165) is 10.4 Å². The van der Waals surface area contributed by atoms with E-state index in [1.807, 2.05) is 17.5 Å². The SMILES string of the molecule is O=C(NCc1ccc(Oc2cccc(F)c2)nc1)NCc1cccs1. The number of halogens is 1. The third-order valence-corrected chi connectivity index (χ3v) is 4.15. The van der Waals surface area contributed by atoms with Gasteiger partial charge < -0.3 is 15.4 Å². The van der Waals surface area contributed by atoms with Gasteiger partial charge in [0, 0.05) is 29.8 Å². The first-order valence-electron chi connectivity index (χ1n) is 7.61. The third kappa shape index (κ3) is 5.29. The van der Waals surface area contributed by atoms with Gasteiger partial charge in [0.15, 0.2) is 0 Å². The maximum atomic E-state index is 13.1. The van der Waals surface area contributed by atoms with Crippen molar-refractivity contribution in [1.82, 2.24) is 15.6 Å². The van der Waals surface area contributed by atoms with Crippen LogP contribution in [0.2, 0.25) is 0 Å². The number of nitrogens with zero attached hydrogens (tertiary/aromatic N) is 1. The molecule has 1 aromatic carbocycles. The molecule has 0 radical (unpaired) electrons. The molecule has 0 saturated carbocycles. The zero-order valence-corrected chi connectivity index (χ0v) is 14.1. The number of pyridine rings is 1. The normalized spacial score (nSPS) is 10.3. The first kappa shape index (κ1) is 16.9. The molecule has 0 unspecified atom stereocenters. The highest BCUT2D eigenvalue weighted by Gasteiger charge is 2.03. The number of carbonyl (C=O) groups is 1. The van der Waals surface area contributed by atoms with Crippen LogP contribution in [0.1, 0.15) is 10.4 Å². The molecule has 2 aromatic heterocycles. The van der Waals surface area contributed by atoms with Gasteiger partial charge in [0.1, 0.15) is 11.6 Å². The molecular weight excluding hydrogens is 341 g/mol. The molecule has 0 fully saturated rings. The molecule has 0 aliphatic rings. The second-order valence-electron chi connectivity index (χ2n) is 5.18. The molecule has 0 bridgehead atoms. The van der Waals surface area contributed by atoms with Gasteiger partial charge >= 0.3 is 6.03 Å². The molecule has 0 saturated heterocycles. The Morgan fingerprint density at radius 1 is 1.12 bits per heavy atom. The first-order chi connectivity index (χ1) is 12.2. The van der Waals surface area contributed by atoms with Crippen LogP contribution in [-0.4, -0.2) is 11.0 Å². The fourth-order valence-corrected chi connectivity index (χ4v) is 2.70. The highest BCUT2D eigenvalue weighted by molar-refractivity contribution is 7.09. The highest BCUT2D eigenvalue weighted by Crippen LogP contribution is 2.19. The average Bonchev–Trinajstić information content (AvgIpc) is 3.13. The number of ether oxygens (including phenoxy) is 1. The smallest absolute Gasteiger partial charge is 0.315 e. The first-order valence-corrected chi connectivity index (χ1v) is 8.49. The van der Waals surface area contributed by atoms with Crippen LogP contribution in [-0.2, 0) is 13.1 Å². The van der Waals surface area contributed by atoms with Crippen molar-refractivity contribution < 1.29 is 13.9 Å². The Balaban J connectivity index is 1.46. The molecule has 2 amide bonds. The van der Waals surface area contributed by atoms with E-state index in [0.29, 0.717) is 24.7 Å². The maximum absolute atomic E-state index is 13.1. The summed E-state index contributed by atoms with van der Waals surface area (Å²) in [6, 6.07) is 13.0. The molecular formula is C18H16FN3O2S. The molecule has 25 heavy (non-hydrogen) atoms. The number of hydrogen-bond acceptors (Lipinski definition) is 4. The second kappa shape index (κ2) is 8.25. The summed E-state index contributed by atoms with van der Waals surface area (Å²) in [7, 11) is 0. The van der Waals surface area contributed by atoms with Crippen molar-refractivity contribution in [3.8, 4) is 11.6 Å². The molecule has 0 atom stereocenters. The number of amides is 2. The zero-order chi connectivity index (χ0) is 17.5.